The second kappa shape index (κ2) is 7.53. The number of benzene rings is 1. The molecule has 1 aromatic carbocycles. The standard InChI is InChI=1S/C17H24N2O5/c1-17(2,3)24-16(22)19-11-14(20)9-10-18(19)15(21)23-12-13-7-5-4-6-8-13/h4-8,14,20H,9-12H2,1-3H3. The number of hydrogen-bond donors (Lipinski definition) is 1. The van der Waals surface area contributed by atoms with Crippen LogP contribution in [0.25, 0.3) is 0 Å². The van der Waals surface area contributed by atoms with Gasteiger partial charge in [-0.25, -0.2) is 19.6 Å². The number of nitrogens with zero attached hydrogens (tertiary/aromatic N) is 2. The Morgan fingerprint density at radius 2 is 1.83 bits per heavy atom. The van der Waals surface area contributed by atoms with Gasteiger partial charge in [0, 0.05) is 6.54 Å². The van der Waals surface area contributed by atoms with Crippen molar-refractivity contribution in [2.75, 3.05) is 13.1 Å². The molecule has 7 heteroatoms. The summed E-state index contributed by atoms with van der Waals surface area (Å²) >= 11 is 0. The second-order valence-electron chi connectivity index (χ2n) is 6.67. The Bertz CT molecular complexity index is 570. The fourth-order valence-corrected chi connectivity index (χ4v) is 2.25. The van der Waals surface area contributed by atoms with Crippen molar-refractivity contribution < 1.29 is 24.2 Å². The van der Waals surface area contributed by atoms with E-state index in [2.05, 4.69) is 0 Å². The normalized spacial score (nSPS) is 18.2. The molecule has 24 heavy (non-hydrogen) atoms. The number of hydrogen-bond acceptors (Lipinski definition) is 5. The summed E-state index contributed by atoms with van der Waals surface area (Å²) in [5.41, 5.74) is 0.158. The molecule has 1 unspecified atom stereocenters. The van der Waals surface area contributed by atoms with Crippen LogP contribution in [0, 0.1) is 0 Å². The van der Waals surface area contributed by atoms with Crippen molar-refractivity contribution in [3.63, 3.8) is 0 Å². The molecule has 0 spiro atoms. The first kappa shape index (κ1) is 18.1. The van der Waals surface area contributed by atoms with Gasteiger partial charge >= 0.3 is 12.2 Å². The SMILES string of the molecule is CC(C)(C)OC(=O)N1CC(O)CCN1C(=O)OCc1ccccc1. The van der Waals surface area contributed by atoms with Gasteiger partial charge in [0.15, 0.2) is 0 Å². The highest BCUT2D eigenvalue weighted by molar-refractivity contribution is 5.74. The second-order valence-corrected chi connectivity index (χ2v) is 6.67. The smallest absolute Gasteiger partial charge is 0.429 e. The van der Waals surface area contributed by atoms with Crippen LogP contribution < -0.4 is 0 Å². The Labute approximate surface area is 141 Å². The van der Waals surface area contributed by atoms with Crippen molar-refractivity contribution in [1.82, 2.24) is 10.0 Å². The molecule has 1 aliphatic heterocycles. The van der Waals surface area contributed by atoms with Gasteiger partial charge in [0.1, 0.15) is 12.2 Å². The minimum atomic E-state index is -0.698. The molecule has 0 saturated carbocycles. The van der Waals surface area contributed by atoms with Gasteiger partial charge in [-0.2, -0.15) is 0 Å². The van der Waals surface area contributed by atoms with Gasteiger partial charge in [-0.1, -0.05) is 30.3 Å². The zero-order chi connectivity index (χ0) is 17.7. The van der Waals surface area contributed by atoms with Crippen LogP contribution in [-0.4, -0.2) is 52.1 Å². The summed E-state index contributed by atoms with van der Waals surface area (Å²) in [5.74, 6) is 0. The molecule has 1 saturated heterocycles. The molecule has 1 N–H and O–H groups in total. The zero-order valence-electron chi connectivity index (χ0n) is 14.3. The number of hydrazine groups is 1. The molecule has 0 aromatic heterocycles. The van der Waals surface area contributed by atoms with Crippen LogP contribution >= 0.6 is 0 Å². The van der Waals surface area contributed by atoms with E-state index in [1.54, 1.807) is 20.8 Å². The summed E-state index contributed by atoms with van der Waals surface area (Å²) in [7, 11) is 0. The number of carbonyl (C=O) groups is 2. The van der Waals surface area contributed by atoms with E-state index in [4.69, 9.17) is 9.47 Å². The average Bonchev–Trinajstić information content (AvgIpc) is 2.52. The molecule has 1 atom stereocenters. The number of amides is 2. The van der Waals surface area contributed by atoms with Crippen LogP contribution in [0.2, 0.25) is 0 Å². The molecule has 2 rings (SSSR count). The van der Waals surface area contributed by atoms with E-state index < -0.39 is 23.9 Å². The maximum atomic E-state index is 12.3. The van der Waals surface area contributed by atoms with E-state index in [9.17, 15) is 14.7 Å². The van der Waals surface area contributed by atoms with Crippen LogP contribution in [0.4, 0.5) is 9.59 Å². The van der Waals surface area contributed by atoms with Crippen molar-refractivity contribution in [3.8, 4) is 0 Å². The largest absolute Gasteiger partial charge is 0.443 e. The van der Waals surface area contributed by atoms with Gasteiger partial charge in [-0.3, -0.25) is 0 Å². The topological polar surface area (TPSA) is 79.3 Å². The summed E-state index contributed by atoms with van der Waals surface area (Å²) < 4.78 is 10.6. The zero-order valence-corrected chi connectivity index (χ0v) is 14.3. The van der Waals surface area contributed by atoms with Crippen LogP contribution in [0.15, 0.2) is 30.3 Å². The number of ether oxygens (including phenoxy) is 2. The Morgan fingerprint density at radius 1 is 1.17 bits per heavy atom. The monoisotopic (exact) mass is 336 g/mol. The molecule has 1 aromatic rings. The molecular weight excluding hydrogens is 312 g/mol. The Kier molecular flexibility index (Phi) is 5.66. The quantitative estimate of drug-likeness (QED) is 0.898. The van der Waals surface area contributed by atoms with Crippen LogP contribution in [0.3, 0.4) is 0 Å². The summed E-state index contributed by atoms with van der Waals surface area (Å²) in [6, 6.07) is 9.28. The average molecular weight is 336 g/mol. The van der Waals surface area contributed by atoms with E-state index in [-0.39, 0.29) is 19.7 Å². The molecule has 1 fully saturated rings. The van der Waals surface area contributed by atoms with Gasteiger partial charge < -0.3 is 14.6 Å². The Hall–Kier alpha value is -2.28. The van der Waals surface area contributed by atoms with Crippen LogP contribution in [0.5, 0.6) is 0 Å². The third kappa shape index (κ3) is 5.13. The van der Waals surface area contributed by atoms with Gasteiger partial charge in [-0.15, -0.1) is 0 Å². The molecular formula is C17H24N2O5. The highest BCUT2D eigenvalue weighted by Crippen LogP contribution is 2.18. The third-order valence-electron chi connectivity index (χ3n) is 3.37. The number of β-amino-alcohol motifs (C(OH)–C–C–N with tert-alkyl or cyclic N) is 1. The molecule has 0 bridgehead atoms. The van der Waals surface area contributed by atoms with E-state index in [0.29, 0.717) is 6.42 Å². The number of aliphatic hydroxyl groups excluding tert-OH is 1. The van der Waals surface area contributed by atoms with Crippen LogP contribution in [-0.2, 0) is 16.1 Å². The minimum absolute atomic E-state index is 0.00461. The van der Waals surface area contributed by atoms with Gasteiger partial charge in [-0.05, 0) is 32.8 Å². The maximum Gasteiger partial charge on any atom is 0.429 e. The first-order valence-electron chi connectivity index (χ1n) is 7.93. The van der Waals surface area contributed by atoms with Gasteiger partial charge in [0.25, 0.3) is 0 Å². The van der Waals surface area contributed by atoms with Crippen molar-refractivity contribution >= 4 is 12.2 Å². The summed E-state index contributed by atoms with van der Waals surface area (Å²) in [5, 5.41) is 12.1. The number of carbonyl (C=O) groups excluding carboxylic acids is 2. The summed E-state index contributed by atoms with van der Waals surface area (Å²) in [6.45, 7) is 5.51. The van der Waals surface area contributed by atoms with Crippen molar-refractivity contribution in [1.29, 1.82) is 0 Å². The Balaban J connectivity index is 2.01. The van der Waals surface area contributed by atoms with Crippen molar-refractivity contribution in [2.45, 2.75) is 45.5 Å². The molecule has 132 valence electrons. The minimum Gasteiger partial charge on any atom is -0.443 e. The molecule has 2 amide bonds. The molecule has 1 heterocycles. The Morgan fingerprint density at radius 3 is 2.46 bits per heavy atom. The van der Waals surface area contributed by atoms with Crippen LogP contribution in [0.1, 0.15) is 32.8 Å². The molecule has 0 aliphatic carbocycles. The fraction of sp³-hybridized carbons (Fsp3) is 0.529. The third-order valence-corrected chi connectivity index (χ3v) is 3.37. The lowest BCUT2D eigenvalue weighted by Crippen LogP contribution is -2.57. The number of aliphatic hydroxyl groups is 1. The van der Waals surface area contributed by atoms with E-state index in [1.165, 1.54) is 5.01 Å². The predicted octanol–water partition coefficient (Wildman–Crippen LogP) is 2.54. The van der Waals surface area contributed by atoms with Crippen molar-refractivity contribution in [2.24, 2.45) is 0 Å². The van der Waals surface area contributed by atoms with E-state index >= 15 is 0 Å². The van der Waals surface area contributed by atoms with E-state index in [0.717, 1.165) is 10.6 Å². The summed E-state index contributed by atoms with van der Waals surface area (Å²) in [6.07, 6.45) is -1.65. The molecule has 7 nitrogen and oxygen atoms in total. The lowest BCUT2D eigenvalue weighted by atomic mass is 10.2. The molecule has 1 aliphatic rings. The van der Waals surface area contributed by atoms with Crippen molar-refractivity contribution in [3.05, 3.63) is 35.9 Å². The highest BCUT2D eigenvalue weighted by atomic mass is 16.6. The lowest BCUT2D eigenvalue weighted by molar-refractivity contribution is -0.0867. The fourth-order valence-electron chi connectivity index (χ4n) is 2.25. The van der Waals surface area contributed by atoms with E-state index in [1.807, 2.05) is 30.3 Å². The lowest BCUT2D eigenvalue weighted by Gasteiger charge is -2.39. The number of rotatable bonds is 2. The highest BCUT2D eigenvalue weighted by Gasteiger charge is 2.36. The van der Waals surface area contributed by atoms with Gasteiger partial charge in [0.05, 0.1) is 12.6 Å². The molecule has 0 radical (unpaired) electrons. The first-order valence-corrected chi connectivity index (χ1v) is 7.93. The maximum absolute atomic E-state index is 12.3. The van der Waals surface area contributed by atoms with Gasteiger partial charge in [0.2, 0.25) is 0 Å². The summed E-state index contributed by atoms with van der Waals surface area (Å²) in [4.78, 5) is 24.6. The predicted molar refractivity (Wildman–Crippen MR) is 86.9 cm³/mol. The first-order chi connectivity index (χ1) is 11.3.